The first-order valence-electron chi connectivity index (χ1n) is 9.15. The minimum Gasteiger partial charge on any atom is -0.490 e. The minimum absolute atomic E-state index is 0.00945. The van der Waals surface area contributed by atoms with Gasteiger partial charge in [0, 0.05) is 35.6 Å². The molecule has 0 spiro atoms. The largest absolute Gasteiger partial charge is 0.490 e. The van der Waals surface area contributed by atoms with Gasteiger partial charge in [0.05, 0.1) is 23.2 Å². The van der Waals surface area contributed by atoms with Crippen LogP contribution in [0.3, 0.4) is 0 Å². The van der Waals surface area contributed by atoms with Crippen LogP contribution in [0, 0.1) is 0 Å². The zero-order chi connectivity index (χ0) is 20.8. The molecule has 4 aromatic heterocycles. The highest BCUT2D eigenvalue weighted by Gasteiger charge is 2.34. The van der Waals surface area contributed by atoms with Crippen molar-refractivity contribution in [2.24, 2.45) is 0 Å². The van der Waals surface area contributed by atoms with Gasteiger partial charge in [-0.1, -0.05) is 0 Å². The van der Waals surface area contributed by atoms with Crippen LogP contribution in [0.4, 0.5) is 0 Å². The molecule has 0 fully saturated rings. The fraction of sp³-hybridized carbons (Fsp3) is 0.300. The van der Waals surface area contributed by atoms with Crippen LogP contribution < -0.4 is 4.74 Å². The second kappa shape index (κ2) is 6.85. The molecule has 0 aliphatic rings. The normalized spacial score (nSPS) is 12.7. The Hall–Kier alpha value is -2.91. The maximum absolute atomic E-state index is 13.2. The zero-order valence-electron chi connectivity index (χ0n) is 16.4. The Balaban J connectivity index is 1.94. The van der Waals surface area contributed by atoms with E-state index in [1.165, 1.54) is 6.20 Å². The van der Waals surface area contributed by atoms with Gasteiger partial charge in [-0.3, -0.25) is 4.40 Å². The highest BCUT2D eigenvalue weighted by atomic mass is 32.2. The quantitative estimate of drug-likeness (QED) is 0.520. The third-order valence-corrected chi connectivity index (χ3v) is 7.21. The molecule has 152 valence electrons. The predicted molar refractivity (Wildman–Crippen MR) is 110 cm³/mol. The Labute approximate surface area is 168 Å². The first-order chi connectivity index (χ1) is 13.7. The molecular formula is C20H22N4O4S. The van der Waals surface area contributed by atoms with Gasteiger partial charge < -0.3 is 14.8 Å². The molecule has 0 unspecified atom stereocenters. The lowest BCUT2D eigenvalue weighted by atomic mass is 10.2. The van der Waals surface area contributed by atoms with Gasteiger partial charge in [0.25, 0.3) is 0 Å². The first-order valence-corrected chi connectivity index (χ1v) is 10.6. The number of nitrogens with one attached hydrogen (secondary N) is 1. The fourth-order valence-electron chi connectivity index (χ4n) is 3.08. The molecule has 4 rings (SSSR count). The van der Waals surface area contributed by atoms with Gasteiger partial charge in [0.15, 0.2) is 9.84 Å². The first kappa shape index (κ1) is 19.4. The van der Waals surface area contributed by atoms with Crippen LogP contribution in [0.15, 0.2) is 47.9 Å². The number of aromatic amines is 1. The second-order valence-electron chi connectivity index (χ2n) is 7.70. The van der Waals surface area contributed by atoms with Crippen molar-refractivity contribution < 1.29 is 18.3 Å². The zero-order valence-corrected chi connectivity index (χ0v) is 17.2. The number of H-pyrrole nitrogens is 1. The van der Waals surface area contributed by atoms with E-state index in [0.29, 0.717) is 5.65 Å². The molecule has 4 aromatic rings. The van der Waals surface area contributed by atoms with Gasteiger partial charge in [0.1, 0.15) is 28.5 Å². The Kier molecular flexibility index (Phi) is 4.59. The van der Waals surface area contributed by atoms with Crippen LogP contribution in [0.5, 0.6) is 5.75 Å². The second-order valence-corrected chi connectivity index (χ2v) is 10.4. The van der Waals surface area contributed by atoms with Gasteiger partial charge in [-0.25, -0.2) is 18.4 Å². The summed E-state index contributed by atoms with van der Waals surface area (Å²) in [5, 5.41) is 10.1. The molecule has 0 aliphatic heterocycles. The van der Waals surface area contributed by atoms with Gasteiger partial charge in [-0.2, -0.15) is 0 Å². The molecule has 0 amide bonds. The number of sulfone groups is 1. The average Bonchev–Trinajstić information content (AvgIpc) is 3.30. The Morgan fingerprint density at radius 3 is 2.72 bits per heavy atom. The molecule has 9 heteroatoms. The highest BCUT2D eigenvalue weighted by molar-refractivity contribution is 7.92. The number of ether oxygens (including phenoxy) is 1. The summed E-state index contributed by atoms with van der Waals surface area (Å²) < 4.78 is 32.6. The number of aliphatic hydroxyl groups is 1. The molecular weight excluding hydrogens is 392 g/mol. The number of rotatable bonds is 5. The lowest BCUT2D eigenvalue weighted by Gasteiger charge is -2.21. The third kappa shape index (κ3) is 3.26. The maximum atomic E-state index is 13.2. The van der Waals surface area contributed by atoms with Crippen molar-refractivity contribution >= 4 is 26.5 Å². The van der Waals surface area contributed by atoms with Gasteiger partial charge in [-0.05, 0) is 32.9 Å². The summed E-state index contributed by atoms with van der Waals surface area (Å²) in [7, 11) is -3.71. The topological polar surface area (TPSA) is 110 Å². The number of aromatic nitrogens is 4. The van der Waals surface area contributed by atoms with E-state index in [0.717, 1.165) is 22.3 Å². The van der Waals surface area contributed by atoms with Crippen LogP contribution >= 0.6 is 0 Å². The van der Waals surface area contributed by atoms with Gasteiger partial charge >= 0.3 is 0 Å². The van der Waals surface area contributed by atoms with Crippen LogP contribution in [-0.2, 0) is 9.84 Å². The van der Waals surface area contributed by atoms with E-state index in [1.807, 2.05) is 18.3 Å². The van der Waals surface area contributed by atoms with Crippen molar-refractivity contribution in [3.8, 4) is 17.0 Å². The summed E-state index contributed by atoms with van der Waals surface area (Å²) in [6, 6.07) is 5.47. The van der Waals surface area contributed by atoms with E-state index in [2.05, 4.69) is 15.0 Å². The van der Waals surface area contributed by atoms with E-state index in [9.17, 15) is 8.42 Å². The summed E-state index contributed by atoms with van der Waals surface area (Å²) in [5.74, 6) is 0.179. The molecule has 2 N–H and O–H groups in total. The van der Waals surface area contributed by atoms with Crippen molar-refractivity contribution in [3.63, 3.8) is 0 Å². The van der Waals surface area contributed by atoms with E-state index >= 15 is 0 Å². The van der Waals surface area contributed by atoms with E-state index in [1.54, 1.807) is 43.6 Å². The van der Waals surface area contributed by atoms with Crippen molar-refractivity contribution in [2.45, 2.75) is 30.4 Å². The monoisotopic (exact) mass is 414 g/mol. The fourth-order valence-corrected chi connectivity index (χ4v) is 4.37. The van der Waals surface area contributed by atoms with Crippen LogP contribution in [0.2, 0.25) is 0 Å². The average molecular weight is 414 g/mol. The summed E-state index contributed by atoms with van der Waals surface area (Å²) in [6.45, 7) is 4.69. The molecule has 8 nitrogen and oxygen atoms in total. The molecule has 4 heterocycles. The predicted octanol–water partition coefficient (Wildman–Crippen LogP) is 2.82. The standard InChI is InChI=1S/C20H22N4O4S/c1-20(2,3)29(26,27)17-12-24-15(11-22-18(24)9-16(17)28-7-6-25)14-8-13-4-5-21-19(13)23-10-14/h4-5,8-12,25H,6-7H2,1-3H3,(H,21,23). The highest BCUT2D eigenvalue weighted by Crippen LogP contribution is 2.34. The molecule has 0 saturated heterocycles. The van der Waals surface area contributed by atoms with E-state index in [4.69, 9.17) is 9.84 Å². The number of hydrogen-bond donors (Lipinski definition) is 2. The van der Waals surface area contributed by atoms with Crippen molar-refractivity contribution in [1.82, 2.24) is 19.4 Å². The smallest absolute Gasteiger partial charge is 0.188 e. The lowest BCUT2D eigenvalue weighted by Crippen LogP contribution is -2.28. The Morgan fingerprint density at radius 1 is 1.21 bits per heavy atom. The summed E-state index contributed by atoms with van der Waals surface area (Å²) in [4.78, 5) is 11.9. The number of hydrogen-bond acceptors (Lipinski definition) is 6. The molecule has 0 atom stereocenters. The summed E-state index contributed by atoms with van der Waals surface area (Å²) in [5.41, 5.74) is 2.84. The van der Waals surface area contributed by atoms with Gasteiger partial charge in [-0.15, -0.1) is 0 Å². The van der Waals surface area contributed by atoms with Crippen LogP contribution in [0.25, 0.3) is 27.9 Å². The molecule has 29 heavy (non-hydrogen) atoms. The molecule has 0 aromatic carbocycles. The summed E-state index contributed by atoms with van der Waals surface area (Å²) in [6.07, 6.45) is 6.74. The number of nitrogens with zero attached hydrogens (tertiary/aromatic N) is 3. The van der Waals surface area contributed by atoms with Crippen molar-refractivity contribution in [3.05, 3.63) is 43.0 Å². The van der Waals surface area contributed by atoms with Crippen molar-refractivity contribution in [2.75, 3.05) is 13.2 Å². The number of imidazole rings is 1. The van der Waals surface area contributed by atoms with E-state index < -0.39 is 14.6 Å². The Morgan fingerprint density at radius 2 is 2.00 bits per heavy atom. The number of fused-ring (bicyclic) bond motifs is 2. The SMILES string of the molecule is CC(C)(C)S(=O)(=O)c1cn2c(-c3cnc4[nH]ccc4c3)cnc2cc1OCCO. The Bertz CT molecular complexity index is 1300. The minimum atomic E-state index is -3.71. The van der Waals surface area contributed by atoms with Crippen LogP contribution in [0.1, 0.15) is 20.8 Å². The number of aliphatic hydroxyl groups excluding tert-OH is 1. The third-order valence-electron chi connectivity index (χ3n) is 4.72. The lowest BCUT2D eigenvalue weighted by molar-refractivity contribution is 0.198. The molecule has 0 saturated carbocycles. The van der Waals surface area contributed by atoms with Gasteiger partial charge in [0.2, 0.25) is 0 Å². The van der Waals surface area contributed by atoms with E-state index in [-0.39, 0.29) is 23.9 Å². The number of pyridine rings is 2. The molecule has 0 bridgehead atoms. The summed E-state index contributed by atoms with van der Waals surface area (Å²) >= 11 is 0. The molecule has 0 radical (unpaired) electrons. The maximum Gasteiger partial charge on any atom is 0.188 e. The van der Waals surface area contributed by atoms with Crippen LogP contribution in [-0.4, -0.2) is 50.8 Å². The van der Waals surface area contributed by atoms with Crippen molar-refractivity contribution in [1.29, 1.82) is 0 Å². The molecule has 0 aliphatic carbocycles.